The first-order valence-electron chi connectivity index (χ1n) is 4.09. The van der Waals surface area contributed by atoms with Gasteiger partial charge >= 0.3 is 12.1 Å². The third-order valence-corrected chi connectivity index (χ3v) is 1.48. The first-order chi connectivity index (χ1) is 6.18. The molecule has 0 saturated heterocycles. The fourth-order valence-corrected chi connectivity index (χ4v) is 0.655. The summed E-state index contributed by atoms with van der Waals surface area (Å²) in [6.45, 7) is 6.86. The van der Waals surface area contributed by atoms with Crippen molar-refractivity contribution in [2.24, 2.45) is 5.92 Å². The second-order valence-electron chi connectivity index (χ2n) is 3.38. The van der Waals surface area contributed by atoms with E-state index in [0.717, 1.165) is 0 Å². The van der Waals surface area contributed by atoms with Crippen LogP contribution in [0.25, 0.3) is 0 Å². The lowest BCUT2D eigenvalue weighted by Crippen LogP contribution is -2.38. The minimum atomic E-state index is -4.09. The van der Waals surface area contributed by atoms with E-state index in [0.29, 0.717) is 0 Å². The van der Waals surface area contributed by atoms with Crippen LogP contribution in [0.5, 0.6) is 0 Å². The van der Waals surface area contributed by atoms with E-state index < -0.39 is 24.2 Å². The maximum Gasteiger partial charge on any atom is 0.432 e. The molecule has 0 N–H and O–H groups in total. The molecule has 0 aliphatic carbocycles. The molecule has 0 fully saturated rings. The van der Waals surface area contributed by atoms with Crippen molar-refractivity contribution in [3.05, 3.63) is 12.2 Å². The summed E-state index contributed by atoms with van der Waals surface area (Å²) in [5, 5.41) is 0. The molecule has 0 aliphatic rings. The molecule has 82 valence electrons. The Balaban J connectivity index is 4.48. The molecule has 0 rings (SSSR count). The van der Waals surface area contributed by atoms with Gasteiger partial charge < -0.3 is 4.74 Å². The molecular formula is C9H13F3O2. The van der Waals surface area contributed by atoms with Gasteiger partial charge in [0.2, 0.25) is 6.17 Å². The summed E-state index contributed by atoms with van der Waals surface area (Å²) in [5.41, 5.74) is -0.194. The summed E-state index contributed by atoms with van der Waals surface area (Å²) in [4.78, 5) is 10.7. The number of alkyl halides is 3. The van der Waals surface area contributed by atoms with Crippen LogP contribution in [-0.2, 0) is 9.53 Å². The number of hydrogen-bond acceptors (Lipinski definition) is 2. The molecule has 0 aliphatic heterocycles. The van der Waals surface area contributed by atoms with Crippen LogP contribution in [-0.4, -0.2) is 18.2 Å². The van der Waals surface area contributed by atoms with Gasteiger partial charge in [0.1, 0.15) is 0 Å². The smallest absolute Gasteiger partial charge is 0.395 e. The molecule has 0 aromatic carbocycles. The average Bonchev–Trinajstić information content (AvgIpc) is 2.01. The molecule has 1 unspecified atom stereocenters. The summed E-state index contributed by atoms with van der Waals surface area (Å²) in [5.74, 6) is -2.22. The van der Waals surface area contributed by atoms with Crippen molar-refractivity contribution >= 4 is 5.97 Å². The largest absolute Gasteiger partial charge is 0.432 e. The van der Waals surface area contributed by atoms with E-state index in [4.69, 9.17) is 0 Å². The molecule has 0 saturated carbocycles. The van der Waals surface area contributed by atoms with Crippen LogP contribution in [0.3, 0.4) is 0 Å². The minimum absolute atomic E-state index is 0.194. The van der Waals surface area contributed by atoms with Crippen LogP contribution < -0.4 is 0 Å². The number of carbonyl (C=O) groups is 1. The second kappa shape index (κ2) is 4.48. The quantitative estimate of drug-likeness (QED) is 0.526. The SMILES string of the molecule is C=C(C)C(=O)OC(F)(F)C(F)C(C)C. The lowest BCUT2D eigenvalue weighted by molar-refractivity contribution is -0.264. The summed E-state index contributed by atoms with van der Waals surface area (Å²) < 4.78 is 42.2. The molecule has 0 spiro atoms. The van der Waals surface area contributed by atoms with Crippen LogP contribution in [0.4, 0.5) is 13.2 Å². The van der Waals surface area contributed by atoms with Gasteiger partial charge in [-0.05, 0) is 12.8 Å². The van der Waals surface area contributed by atoms with Crippen LogP contribution in [0.1, 0.15) is 20.8 Å². The van der Waals surface area contributed by atoms with Gasteiger partial charge in [-0.3, -0.25) is 0 Å². The molecule has 14 heavy (non-hydrogen) atoms. The summed E-state index contributed by atoms with van der Waals surface area (Å²) >= 11 is 0. The van der Waals surface area contributed by atoms with Gasteiger partial charge in [-0.1, -0.05) is 20.4 Å². The number of carbonyl (C=O) groups excluding carboxylic acids is 1. The Bertz CT molecular complexity index is 236. The molecular weight excluding hydrogens is 197 g/mol. The highest BCUT2D eigenvalue weighted by Crippen LogP contribution is 2.29. The fraction of sp³-hybridized carbons (Fsp3) is 0.667. The first-order valence-corrected chi connectivity index (χ1v) is 4.09. The number of halogens is 3. The van der Waals surface area contributed by atoms with E-state index in [-0.39, 0.29) is 5.57 Å². The van der Waals surface area contributed by atoms with Gasteiger partial charge in [0.15, 0.2) is 0 Å². The molecule has 0 aromatic rings. The molecule has 0 amide bonds. The van der Waals surface area contributed by atoms with E-state index in [1.54, 1.807) is 0 Å². The zero-order valence-electron chi connectivity index (χ0n) is 8.31. The van der Waals surface area contributed by atoms with E-state index >= 15 is 0 Å². The minimum Gasteiger partial charge on any atom is -0.395 e. The van der Waals surface area contributed by atoms with Gasteiger partial charge in [0.25, 0.3) is 0 Å². The lowest BCUT2D eigenvalue weighted by Gasteiger charge is -2.22. The predicted molar refractivity (Wildman–Crippen MR) is 45.6 cm³/mol. The van der Waals surface area contributed by atoms with Gasteiger partial charge in [0, 0.05) is 5.57 Å². The number of hydrogen-bond donors (Lipinski definition) is 0. The van der Waals surface area contributed by atoms with Crippen molar-refractivity contribution in [2.45, 2.75) is 33.1 Å². The van der Waals surface area contributed by atoms with E-state index in [2.05, 4.69) is 11.3 Å². The molecule has 0 aromatic heterocycles. The molecule has 1 atom stereocenters. The maximum atomic E-state index is 12.9. The van der Waals surface area contributed by atoms with E-state index in [1.165, 1.54) is 20.8 Å². The highest BCUT2D eigenvalue weighted by Gasteiger charge is 2.46. The Hall–Kier alpha value is -1.00. The van der Waals surface area contributed by atoms with Crippen molar-refractivity contribution in [2.75, 3.05) is 0 Å². The van der Waals surface area contributed by atoms with Gasteiger partial charge in [-0.25, -0.2) is 9.18 Å². The van der Waals surface area contributed by atoms with Crippen molar-refractivity contribution in [1.82, 2.24) is 0 Å². The summed E-state index contributed by atoms with van der Waals surface area (Å²) in [6.07, 6.45) is -6.60. The third kappa shape index (κ3) is 3.40. The van der Waals surface area contributed by atoms with Crippen LogP contribution in [0, 0.1) is 5.92 Å². The standard InChI is InChI=1S/C9H13F3O2/c1-5(2)7(10)9(11,12)14-8(13)6(3)4/h5,7H,3H2,1-2,4H3. The maximum absolute atomic E-state index is 12.9. The Morgan fingerprint density at radius 2 is 1.86 bits per heavy atom. The Labute approximate surface area is 80.7 Å². The monoisotopic (exact) mass is 210 g/mol. The number of esters is 1. The van der Waals surface area contributed by atoms with E-state index in [9.17, 15) is 18.0 Å². The molecule has 0 bridgehead atoms. The highest BCUT2D eigenvalue weighted by molar-refractivity contribution is 5.87. The van der Waals surface area contributed by atoms with Gasteiger partial charge in [-0.15, -0.1) is 0 Å². The van der Waals surface area contributed by atoms with Gasteiger partial charge in [0.05, 0.1) is 0 Å². The topological polar surface area (TPSA) is 26.3 Å². The van der Waals surface area contributed by atoms with Crippen LogP contribution >= 0.6 is 0 Å². The fourth-order valence-electron chi connectivity index (χ4n) is 0.655. The average molecular weight is 210 g/mol. The molecule has 0 heterocycles. The second-order valence-corrected chi connectivity index (χ2v) is 3.38. The highest BCUT2D eigenvalue weighted by atomic mass is 19.3. The lowest BCUT2D eigenvalue weighted by atomic mass is 10.1. The summed E-state index contributed by atoms with van der Waals surface area (Å²) in [6, 6.07) is 0. The Morgan fingerprint density at radius 1 is 1.43 bits per heavy atom. The Kier molecular flexibility index (Phi) is 4.16. The summed E-state index contributed by atoms with van der Waals surface area (Å²) in [7, 11) is 0. The van der Waals surface area contributed by atoms with Crippen molar-refractivity contribution in [1.29, 1.82) is 0 Å². The van der Waals surface area contributed by atoms with Crippen molar-refractivity contribution in [3.63, 3.8) is 0 Å². The zero-order chi connectivity index (χ0) is 11.5. The first kappa shape index (κ1) is 13.0. The van der Waals surface area contributed by atoms with Crippen molar-refractivity contribution < 1.29 is 22.7 Å². The molecule has 2 nitrogen and oxygen atoms in total. The van der Waals surface area contributed by atoms with Crippen LogP contribution in [0.15, 0.2) is 12.2 Å². The van der Waals surface area contributed by atoms with Crippen molar-refractivity contribution in [3.8, 4) is 0 Å². The van der Waals surface area contributed by atoms with E-state index in [1.807, 2.05) is 0 Å². The Morgan fingerprint density at radius 3 is 2.14 bits per heavy atom. The zero-order valence-corrected chi connectivity index (χ0v) is 8.31. The number of rotatable bonds is 4. The third-order valence-electron chi connectivity index (χ3n) is 1.48. The van der Waals surface area contributed by atoms with Crippen LogP contribution in [0.2, 0.25) is 0 Å². The van der Waals surface area contributed by atoms with Gasteiger partial charge in [-0.2, -0.15) is 8.78 Å². The number of ether oxygens (including phenoxy) is 1. The molecule has 5 heteroatoms. The molecule has 0 radical (unpaired) electrons. The predicted octanol–water partition coefficient (Wildman–Crippen LogP) is 2.69. The normalized spacial score (nSPS) is 13.9.